The van der Waals surface area contributed by atoms with E-state index in [2.05, 4.69) is 17.0 Å². The van der Waals surface area contributed by atoms with E-state index in [0.29, 0.717) is 10.8 Å². The lowest BCUT2D eigenvalue weighted by Gasteiger charge is -2.22. The first-order chi connectivity index (χ1) is 10.1. The van der Waals surface area contributed by atoms with E-state index < -0.39 is 10.0 Å². The van der Waals surface area contributed by atoms with Crippen LogP contribution in [0.3, 0.4) is 0 Å². The Bertz CT molecular complexity index is 613. The van der Waals surface area contributed by atoms with Gasteiger partial charge in [0.25, 0.3) is 0 Å². The van der Waals surface area contributed by atoms with Crippen LogP contribution in [0.15, 0.2) is 23.1 Å². The van der Waals surface area contributed by atoms with E-state index in [1.807, 2.05) is 12.1 Å². The highest BCUT2D eigenvalue weighted by Crippen LogP contribution is 2.27. The minimum Gasteiger partial charge on any atom is -0.384 e. The molecule has 1 heterocycles. The summed E-state index contributed by atoms with van der Waals surface area (Å²) < 4.78 is 28.2. The molecule has 116 valence electrons. The summed E-state index contributed by atoms with van der Waals surface area (Å²) in [6.07, 6.45) is 6.51. The van der Waals surface area contributed by atoms with Crippen molar-refractivity contribution in [1.82, 2.24) is 4.72 Å². The van der Waals surface area contributed by atoms with Crippen LogP contribution in [0.25, 0.3) is 0 Å². The molecule has 2 atom stereocenters. The van der Waals surface area contributed by atoms with Gasteiger partial charge in [-0.05, 0) is 48.9 Å². The monoisotopic (exact) mass is 308 g/mol. The third kappa shape index (κ3) is 3.24. The molecular weight excluding hydrogens is 284 g/mol. The first-order valence-corrected chi connectivity index (χ1v) is 9.44. The Morgan fingerprint density at radius 2 is 2.00 bits per heavy atom. The molecule has 5 heteroatoms. The zero-order chi connectivity index (χ0) is 14.9. The Labute approximate surface area is 127 Å². The lowest BCUT2D eigenvalue weighted by atomic mass is 9.98. The van der Waals surface area contributed by atoms with Gasteiger partial charge in [-0.15, -0.1) is 0 Å². The fourth-order valence-corrected chi connectivity index (χ4v) is 4.81. The van der Waals surface area contributed by atoms with Gasteiger partial charge in [0.15, 0.2) is 0 Å². The lowest BCUT2D eigenvalue weighted by molar-refractivity contribution is 0.399. The molecule has 2 N–H and O–H groups in total. The summed E-state index contributed by atoms with van der Waals surface area (Å²) in [6.45, 7) is 3.05. The number of hydrogen-bond donors (Lipinski definition) is 2. The smallest absolute Gasteiger partial charge is 0.240 e. The highest BCUT2D eigenvalue weighted by atomic mass is 32.2. The number of hydrogen-bond acceptors (Lipinski definition) is 3. The van der Waals surface area contributed by atoms with Gasteiger partial charge in [0.1, 0.15) is 0 Å². The van der Waals surface area contributed by atoms with Gasteiger partial charge in [-0.25, -0.2) is 13.1 Å². The molecule has 3 rings (SSSR count). The SMILES string of the molecule is CC1CCCCCC1NS(=O)(=O)c1ccc2c(c1)CCN2. The standard InChI is InChI=1S/C16H24N2O2S/c1-12-5-3-2-4-6-15(12)18-21(19,20)14-7-8-16-13(11-14)9-10-17-16/h7-8,11-12,15,17-18H,2-6,9-10H2,1H3. The largest absolute Gasteiger partial charge is 0.384 e. The maximum absolute atomic E-state index is 12.6. The fraction of sp³-hybridized carbons (Fsp3) is 0.625. The van der Waals surface area contributed by atoms with E-state index in [9.17, 15) is 8.42 Å². The van der Waals surface area contributed by atoms with E-state index in [1.165, 1.54) is 12.8 Å². The van der Waals surface area contributed by atoms with Crippen molar-refractivity contribution in [3.8, 4) is 0 Å². The van der Waals surface area contributed by atoms with Crippen LogP contribution < -0.4 is 10.0 Å². The number of rotatable bonds is 3. The molecule has 1 fully saturated rings. The summed E-state index contributed by atoms with van der Waals surface area (Å²) in [6, 6.07) is 5.48. The average Bonchev–Trinajstić information content (AvgIpc) is 2.84. The predicted octanol–water partition coefficient (Wildman–Crippen LogP) is 2.90. The number of benzene rings is 1. The summed E-state index contributed by atoms with van der Waals surface area (Å²) in [5.41, 5.74) is 2.17. The minimum atomic E-state index is -3.41. The van der Waals surface area contributed by atoms with Gasteiger partial charge in [-0.3, -0.25) is 0 Å². The molecule has 0 bridgehead atoms. The number of anilines is 1. The number of nitrogens with one attached hydrogen (secondary N) is 2. The Morgan fingerprint density at radius 1 is 1.19 bits per heavy atom. The zero-order valence-corrected chi connectivity index (χ0v) is 13.4. The van der Waals surface area contributed by atoms with Crippen LogP contribution in [0, 0.1) is 5.92 Å². The van der Waals surface area contributed by atoms with E-state index in [1.54, 1.807) is 6.07 Å². The van der Waals surface area contributed by atoms with Gasteiger partial charge in [0.2, 0.25) is 10.0 Å². The van der Waals surface area contributed by atoms with Crippen LogP contribution in [-0.4, -0.2) is 21.0 Å². The topological polar surface area (TPSA) is 58.2 Å². The van der Waals surface area contributed by atoms with Crippen LogP contribution in [-0.2, 0) is 16.4 Å². The summed E-state index contributed by atoms with van der Waals surface area (Å²) >= 11 is 0. The van der Waals surface area contributed by atoms with Crippen LogP contribution in [0.5, 0.6) is 0 Å². The van der Waals surface area contributed by atoms with Crippen molar-refractivity contribution in [2.24, 2.45) is 5.92 Å². The van der Waals surface area contributed by atoms with E-state index in [4.69, 9.17) is 0 Å². The van der Waals surface area contributed by atoms with Gasteiger partial charge >= 0.3 is 0 Å². The molecule has 1 saturated carbocycles. The van der Waals surface area contributed by atoms with Crippen molar-refractivity contribution in [3.63, 3.8) is 0 Å². The molecule has 1 aromatic rings. The quantitative estimate of drug-likeness (QED) is 0.844. The van der Waals surface area contributed by atoms with Gasteiger partial charge < -0.3 is 5.32 Å². The Hall–Kier alpha value is -1.07. The highest BCUT2D eigenvalue weighted by molar-refractivity contribution is 7.89. The normalized spacial score (nSPS) is 26.0. The molecule has 0 saturated heterocycles. The molecule has 2 unspecified atom stereocenters. The third-order valence-electron chi connectivity index (χ3n) is 4.76. The minimum absolute atomic E-state index is 0.0730. The maximum atomic E-state index is 12.6. The van der Waals surface area contributed by atoms with E-state index >= 15 is 0 Å². The van der Waals surface area contributed by atoms with Gasteiger partial charge in [-0.1, -0.05) is 26.2 Å². The van der Waals surface area contributed by atoms with Crippen LogP contribution in [0.4, 0.5) is 5.69 Å². The van der Waals surface area contributed by atoms with Gasteiger partial charge in [-0.2, -0.15) is 0 Å². The van der Waals surface area contributed by atoms with Gasteiger partial charge in [0, 0.05) is 18.3 Å². The molecular formula is C16H24N2O2S. The summed E-state index contributed by atoms with van der Waals surface area (Å²) in [5.74, 6) is 0.415. The first-order valence-electron chi connectivity index (χ1n) is 7.95. The zero-order valence-electron chi connectivity index (χ0n) is 12.6. The molecule has 21 heavy (non-hydrogen) atoms. The van der Waals surface area contributed by atoms with Crippen LogP contribution in [0.2, 0.25) is 0 Å². The third-order valence-corrected chi connectivity index (χ3v) is 6.25. The van der Waals surface area contributed by atoms with E-state index in [-0.39, 0.29) is 6.04 Å². The molecule has 0 aromatic heterocycles. The Kier molecular flexibility index (Phi) is 4.22. The molecule has 1 aromatic carbocycles. The fourth-order valence-electron chi connectivity index (χ4n) is 3.38. The Balaban J connectivity index is 1.80. The van der Waals surface area contributed by atoms with Crippen molar-refractivity contribution < 1.29 is 8.42 Å². The lowest BCUT2D eigenvalue weighted by Crippen LogP contribution is -2.38. The van der Waals surface area contributed by atoms with Gasteiger partial charge in [0.05, 0.1) is 4.90 Å². The van der Waals surface area contributed by atoms with Crippen molar-refractivity contribution >= 4 is 15.7 Å². The van der Waals surface area contributed by atoms with Crippen molar-refractivity contribution in [1.29, 1.82) is 0 Å². The molecule has 0 amide bonds. The summed E-state index contributed by atoms with van der Waals surface area (Å²) in [7, 11) is -3.41. The number of sulfonamides is 1. The summed E-state index contributed by atoms with van der Waals surface area (Å²) in [4.78, 5) is 0.404. The molecule has 0 spiro atoms. The predicted molar refractivity (Wildman–Crippen MR) is 85.0 cm³/mol. The molecule has 1 aliphatic heterocycles. The molecule has 4 nitrogen and oxygen atoms in total. The first kappa shape index (κ1) is 14.9. The van der Waals surface area contributed by atoms with Crippen LogP contribution in [0.1, 0.15) is 44.6 Å². The van der Waals surface area contributed by atoms with Crippen molar-refractivity contribution in [2.45, 2.75) is 56.4 Å². The summed E-state index contributed by atoms with van der Waals surface area (Å²) in [5, 5.41) is 3.26. The average molecular weight is 308 g/mol. The van der Waals surface area contributed by atoms with Crippen LogP contribution >= 0.6 is 0 Å². The second-order valence-corrected chi connectivity index (χ2v) is 8.05. The molecule has 1 aliphatic carbocycles. The second-order valence-electron chi connectivity index (χ2n) is 6.34. The maximum Gasteiger partial charge on any atom is 0.240 e. The molecule has 0 radical (unpaired) electrons. The van der Waals surface area contributed by atoms with Crippen molar-refractivity contribution in [2.75, 3.05) is 11.9 Å². The Morgan fingerprint density at radius 3 is 2.86 bits per heavy atom. The second kappa shape index (κ2) is 5.97. The molecule has 2 aliphatic rings. The van der Waals surface area contributed by atoms with E-state index in [0.717, 1.165) is 43.5 Å². The van der Waals surface area contributed by atoms with Crippen molar-refractivity contribution in [3.05, 3.63) is 23.8 Å². The number of fused-ring (bicyclic) bond motifs is 1. The highest BCUT2D eigenvalue weighted by Gasteiger charge is 2.26.